The summed E-state index contributed by atoms with van der Waals surface area (Å²) in [5.74, 6) is 3.56. The highest BCUT2D eigenvalue weighted by molar-refractivity contribution is 7.85. The Morgan fingerprint density at radius 3 is 2.31 bits per heavy atom. The van der Waals surface area contributed by atoms with Crippen LogP contribution in [0.2, 0.25) is 0 Å². The molecular formula is C29H51NO5S. The molecular weight excluding hydrogens is 474 g/mol. The van der Waals surface area contributed by atoms with Gasteiger partial charge in [-0.2, -0.15) is 8.42 Å². The maximum Gasteiger partial charge on any atom is 0.266 e. The fourth-order valence-electron chi connectivity index (χ4n) is 9.68. The molecule has 1 amide bonds. The lowest BCUT2D eigenvalue weighted by Gasteiger charge is -2.61. The summed E-state index contributed by atoms with van der Waals surface area (Å²) in [6.07, 6.45) is 12.1. The molecule has 0 aliphatic heterocycles. The minimum absolute atomic E-state index is 0.0673. The molecule has 4 aliphatic rings. The van der Waals surface area contributed by atoms with Gasteiger partial charge < -0.3 is 10.4 Å². The molecule has 10 atom stereocenters. The zero-order valence-corrected chi connectivity index (χ0v) is 24.0. The van der Waals surface area contributed by atoms with Crippen molar-refractivity contribution in [2.24, 2.45) is 52.3 Å². The van der Waals surface area contributed by atoms with Crippen molar-refractivity contribution in [3.63, 3.8) is 0 Å². The Labute approximate surface area is 219 Å². The highest BCUT2D eigenvalue weighted by Gasteiger charge is 2.60. The van der Waals surface area contributed by atoms with E-state index in [4.69, 9.17) is 0 Å². The SMILES string of the molecule is CC(C)[C@H](CS(=O)(=O)O)NC(=O)CC[C@@H](C)[C@H]1CC[C@H]2[C@@H]3CC[C@@H]4C[C@H](O)CC[C@]4(C)[C@H]3CC[C@]12C. The molecule has 36 heavy (non-hydrogen) atoms. The van der Waals surface area contributed by atoms with Crippen LogP contribution in [0, 0.1) is 52.3 Å². The van der Waals surface area contributed by atoms with E-state index in [0.29, 0.717) is 35.0 Å². The van der Waals surface area contributed by atoms with E-state index in [1.807, 2.05) is 13.8 Å². The molecule has 4 rings (SSSR count). The van der Waals surface area contributed by atoms with Crippen LogP contribution >= 0.6 is 0 Å². The average molecular weight is 526 g/mol. The maximum absolute atomic E-state index is 12.7. The molecule has 7 heteroatoms. The van der Waals surface area contributed by atoms with E-state index >= 15 is 0 Å². The lowest BCUT2D eigenvalue weighted by molar-refractivity contribution is -0.130. The molecule has 0 aromatic rings. The Hall–Kier alpha value is -0.660. The van der Waals surface area contributed by atoms with Gasteiger partial charge in [0.2, 0.25) is 5.91 Å². The second-order valence-electron chi connectivity index (χ2n) is 14.0. The van der Waals surface area contributed by atoms with Gasteiger partial charge in [-0.3, -0.25) is 9.35 Å². The standard InChI is InChI=1S/C29H51NO5S/c1-18(2)26(17-36(33,34)35)30-27(32)11-6-19(3)23-9-10-24-22-8-7-20-16-21(31)12-14-28(20,4)25(22)13-15-29(23,24)5/h18-26,31H,6-17H2,1-5H3,(H,30,32)(H,33,34,35)/t19-,20-,21-,22+,23-,24+,25+,26+,28+,29-/m1/s1. The monoisotopic (exact) mass is 525 g/mol. The summed E-state index contributed by atoms with van der Waals surface area (Å²) in [5.41, 5.74) is 0.750. The lowest BCUT2D eigenvalue weighted by Crippen LogP contribution is -2.54. The van der Waals surface area contributed by atoms with Crippen molar-refractivity contribution < 1.29 is 22.9 Å². The molecule has 0 spiro atoms. The normalized spacial score (nSPS) is 42.2. The van der Waals surface area contributed by atoms with Crippen LogP contribution in [0.4, 0.5) is 0 Å². The summed E-state index contributed by atoms with van der Waals surface area (Å²) in [5, 5.41) is 13.2. The molecule has 0 bridgehead atoms. The Balaban J connectivity index is 1.36. The topological polar surface area (TPSA) is 104 Å². The van der Waals surface area contributed by atoms with Gasteiger partial charge in [0.05, 0.1) is 11.9 Å². The van der Waals surface area contributed by atoms with Crippen LogP contribution in [0.5, 0.6) is 0 Å². The Bertz CT molecular complexity index is 905. The summed E-state index contributed by atoms with van der Waals surface area (Å²) in [6, 6.07) is -0.566. The van der Waals surface area contributed by atoms with E-state index in [1.54, 1.807) is 0 Å². The molecule has 0 saturated heterocycles. The predicted molar refractivity (Wildman–Crippen MR) is 143 cm³/mol. The van der Waals surface area contributed by atoms with Crippen molar-refractivity contribution in [2.75, 3.05) is 5.75 Å². The molecule has 208 valence electrons. The number of aliphatic hydroxyl groups excluding tert-OH is 1. The van der Waals surface area contributed by atoms with Crippen LogP contribution in [0.3, 0.4) is 0 Å². The number of nitrogens with one attached hydrogen (secondary N) is 1. The van der Waals surface area contributed by atoms with Crippen LogP contribution in [-0.2, 0) is 14.9 Å². The molecule has 0 aromatic carbocycles. The van der Waals surface area contributed by atoms with Crippen LogP contribution in [-0.4, -0.2) is 41.9 Å². The summed E-state index contributed by atoms with van der Waals surface area (Å²) < 4.78 is 31.9. The number of fused-ring (bicyclic) bond motifs is 5. The minimum Gasteiger partial charge on any atom is -0.393 e. The van der Waals surface area contributed by atoms with E-state index < -0.39 is 21.9 Å². The molecule has 0 aromatic heterocycles. The number of carbonyl (C=O) groups excluding carboxylic acids is 1. The molecule has 6 nitrogen and oxygen atoms in total. The smallest absolute Gasteiger partial charge is 0.266 e. The van der Waals surface area contributed by atoms with Gasteiger partial charge in [0, 0.05) is 12.5 Å². The first-order chi connectivity index (χ1) is 16.7. The van der Waals surface area contributed by atoms with Gasteiger partial charge in [0.1, 0.15) is 0 Å². The molecule has 3 N–H and O–H groups in total. The molecule has 0 heterocycles. The second-order valence-corrected chi connectivity index (χ2v) is 15.5. The lowest BCUT2D eigenvalue weighted by atomic mass is 9.44. The van der Waals surface area contributed by atoms with Gasteiger partial charge in [0.25, 0.3) is 10.1 Å². The third kappa shape index (κ3) is 5.54. The van der Waals surface area contributed by atoms with Gasteiger partial charge in [-0.25, -0.2) is 0 Å². The first-order valence-corrected chi connectivity index (χ1v) is 16.3. The highest BCUT2D eigenvalue weighted by atomic mass is 32.2. The van der Waals surface area contributed by atoms with E-state index in [0.717, 1.165) is 37.0 Å². The average Bonchev–Trinajstić information content (AvgIpc) is 3.14. The summed E-state index contributed by atoms with van der Waals surface area (Å²) in [7, 11) is -4.13. The molecule has 4 aliphatic carbocycles. The molecule has 4 saturated carbocycles. The van der Waals surface area contributed by atoms with Crippen LogP contribution in [0.1, 0.15) is 105 Å². The van der Waals surface area contributed by atoms with Gasteiger partial charge in [-0.05, 0) is 116 Å². The molecule has 4 fully saturated rings. The van der Waals surface area contributed by atoms with Gasteiger partial charge >= 0.3 is 0 Å². The summed E-state index contributed by atoms with van der Waals surface area (Å²) in [6.45, 7) is 11.1. The zero-order valence-electron chi connectivity index (χ0n) is 23.2. The minimum atomic E-state index is -4.13. The van der Waals surface area contributed by atoms with E-state index in [2.05, 4.69) is 26.1 Å². The third-order valence-corrected chi connectivity index (χ3v) is 12.5. The van der Waals surface area contributed by atoms with Gasteiger partial charge in [-0.1, -0.05) is 34.6 Å². The van der Waals surface area contributed by atoms with Crippen molar-refractivity contribution in [3.05, 3.63) is 0 Å². The summed E-state index contributed by atoms with van der Waals surface area (Å²) in [4.78, 5) is 12.7. The van der Waals surface area contributed by atoms with E-state index in [1.165, 1.54) is 44.9 Å². The maximum atomic E-state index is 12.7. The second kappa shape index (κ2) is 10.5. The van der Waals surface area contributed by atoms with Crippen molar-refractivity contribution in [1.29, 1.82) is 0 Å². The Morgan fingerprint density at radius 1 is 0.972 bits per heavy atom. The molecule has 0 radical (unpaired) electrons. The third-order valence-electron chi connectivity index (χ3n) is 11.8. The number of rotatable bonds is 8. The first-order valence-electron chi connectivity index (χ1n) is 14.7. The number of carbonyl (C=O) groups is 1. The number of aliphatic hydroxyl groups is 1. The largest absolute Gasteiger partial charge is 0.393 e. The number of hydrogen-bond acceptors (Lipinski definition) is 4. The Morgan fingerprint density at radius 2 is 1.64 bits per heavy atom. The number of amides is 1. The van der Waals surface area contributed by atoms with E-state index in [-0.39, 0.29) is 17.9 Å². The fourth-order valence-corrected chi connectivity index (χ4v) is 10.6. The predicted octanol–water partition coefficient (Wildman–Crippen LogP) is 5.45. The van der Waals surface area contributed by atoms with Crippen molar-refractivity contribution in [1.82, 2.24) is 5.32 Å². The van der Waals surface area contributed by atoms with Gasteiger partial charge in [-0.15, -0.1) is 0 Å². The quantitative estimate of drug-likeness (QED) is 0.366. The van der Waals surface area contributed by atoms with Crippen LogP contribution in [0.15, 0.2) is 0 Å². The fraction of sp³-hybridized carbons (Fsp3) is 0.966. The van der Waals surface area contributed by atoms with Crippen molar-refractivity contribution >= 4 is 16.0 Å². The summed E-state index contributed by atoms with van der Waals surface area (Å²) >= 11 is 0. The van der Waals surface area contributed by atoms with Crippen molar-refractivity contribution in [3.8, 4) is 0 Å². The molecule has 0 unspecified atom stereocenters. The first kappa shape index (κ1) is 28.4. The van der Waals surface area contributed by atoms with Gasteiger partial charge in [0.15, 0.2) is 0 Å². The van der Waals surface area contributed by atoms with E-state index in [9.17, 15) is 22.9 Å². The van der Waals surface area contributed by atoms with Crippen LogP contribution in [0.25, 0.3) is 0 Å². The number of hydrogen-bond donors (Lipinski definition) is 3. The van der Waals surface area contributed by atoms with Crippen LogP contribution < -0.4 is 5.32 Å². The highest BCUT2D eigenvalue weighted by Crippen LogP contribution is 2.68. The zero-order chi connectivity index (χ0) is 26.5. The van der Waals surface area contributed by atoms with Crippen molar-refractivity contribution in [2.45, 2.75) is 117 Å². The Kier molecular flexibility index (Phi) is 8.26.